The van der Waals surface area contributed by atoms with E-state index in [-0.39, 0.29) is 11.7 Å². The highest BCUT2D eigenvalue weighted by atomic mass is 16.2. The number of rotatable bonds is 6. The van der Waals surface area contributed by atoms with Crippen LogP contribution in [0.25, 0.3) is 11.3 Å². The van der Waals surface area contributed by atoms with Gasteiger partial charge in [-0.1, -0.05) is 18.2 Å². The molecule has 0 fully saturated rings. The second-order valence-corrected chi connectivity index (χ2v) is 6.52. The summed E-state index contributed by atoms with van der Waals surface area (Å²) in [5.74, 6) is 0. The third kappa shape index (κ3) is 3.39. The largest absolute Gasteiger partial charge is 0.350 e. The van der Waals surface area contributed by atoms with Crippen LogP contribution < -0.4 is 5.69 Å². The van der Waals surface area contributed by atoms with Gasteiger partial charge in [0.25, 0.3) is 0 Å². The van der Waals surface area contributed by atoms with Crippen molar-refractivity contribution in [3.8, 4) is 5.69 Å². The molecule has 27 heavy (non-hydrogen) atoms. The van der Waals surface area contributed by atoms with Gasteiger partial charge >= 0.3 is 5.69 Å². The molecule has 8 nitrogen and oxygen atoms in total. The molecule has 8 heteroatoms. The van der Waals surface area contributed by atoms with E-state index in [1.165, 1.54) is 16.6 Å². The van der Waals surface area contributed by atoms with Crippen LogP contribution in [0.2, 0.25) is 0 Å². The molecule has 0 amide bonds. The smallest absolute Gasteiger partial charge is 0.298 e. The first-order chi connectivity index (χ1) is 13.1. The van der Waals surface area contributed by atoms with Crippen molar-refractivity contribution in [1.29, 1.82) is 0 Å². The quantitative estimate of drug-likeness (QED) is 0.522. The number of hydrogen-bond acceptors (Lipinski definition) is 5. The van der Waals surface area contributed by atoms with E-state index >= 15 is 0 Å². The fraction of sp³-hybridized carbons (Fsp3) is 0.263. The molecule has 1 aromatic carbocycles. The molecule has 0 bridgehead atoms. The number of aromatic nitrogens is 6. The lowest BCUT2D eigenvalue weighted by atomic mass is 10.1. The summed E-state index contributed by atoms with van der Waals surface area (Å²) in [7, 11) is 2.05. The van der Waals surface area contributed by atoms with Crippen LogP contribution in [0.5, 0.6) is 0 Å². The summed E-state index contributed by atoms with van der Waals surface area (Å²) in [5.41, 5.74) is 2.73. The van der Waals surface area contributed by atoms with Gasteiger partial charge in [-0.25, -0.2) is 19.1 Å². The highest BCUT2D eigenvalue weighted by molar-refractivity contribution is 5.35. The standard InChI is InChI=1S/C19H21N7O/c1-15(16-6-8-17(9-7-16)26-14-20-13-21-26)23(2)11-12-25-19(27)24-10-4-3-5-18(24)22-25/h3-10,13-15H,11-12H2,1-2H3. The van der Waals surface area contributed by atoms with E-state index in [0.717, 1.165) is 12.2 Å². The Hall–Kier alpha value is -3.26. The maximum Gasteiger partial charge on any atom is 0.350 e. The molecule has 4 aromatic rings. The van der Waals surface area contributed by atoms with Gasteiger partial charge in [-0.3, -0.25) is 9.30 Å². The molecule has 3 aromatic heterocycles. The van der Waals surface area contributed by atoms with Crippen molar-refractivity contribution in [2.45, 2.75) is 19.5 Å². The molecule has 0 aliphatic heterocycles. The summed E-state index contributed by atoms with van der Waals surface area (Å²) in [6.07, 6.45) is 4.94. The number of likely N-dealkylation sites (N-methyl/N-ethyl adjacent to an activating group) is 1. The Morgan fingerprint density at radius 2 is 1.96 bits per heavy atom. The average molecular weight is 363 g/mol. The second kappa shape index (κ2) is 7.16. The summed E-state index contributed by atoms with van der Waals surface area (Å²) < 4.78 is 4.81. The summed E-state index contributed by atoms with van der Waals surface area (Å²) >= 11 is 0. The minimum absolute atomic E-state index is 0.108. The summed E-state index contributed by atoms with van der Waals surface area (Å²) in [5, 5.41) is 8.52. The highest BCUT2D eigenvalue weighted by Crippen LogP contribution is 2.20. The van der Waals surface area contributed by atoms with E-state index in [1.807, 2.05) is 30.3 Å². The molecule has 0 spiro atoms. The summed E-state index contributed by atoms with van der Waals surface area (Å²) in [4.78, 5) is 18.5. The van der Waals surface area contributed by atoms with Crippen LogP contribution >= 0.6 is 0 Å². The van der Waals surface area contributed by atoms with Crippen LogP contribution in [0.4, 0.5) is 0 Å². The maximum atomic E-state index is 12.4. The monoisotopic (exact) mass is 363 g/mol. The van der Waals surface area contributed by atoms with Crippen molar-refractivity contribution in [2.75, 3.05) is 13.6 Å². The van der Waals surface area contributed by atoms with Crippen LogP contribution in [-0.2, 0) is 6.54 Å². The van der Waals surface area contributed by atoms with Crippen molar-refractivity contribution >= 4 is 5.65 Å². The average Bonchev–Trinajstić information content (AvgIpc) is 3.35. The molecule has 4 rings (SSSR count). The normalized spacial score (nSPS) is 12.7. The predicted molar refractivity (Wildman–Crippen MR) is 102 cm³/mol. The minimum Gasteiger partial charge on any atom is -0.298 e. The molecule has 138 valence electrons. The van der Waals surface area contributed by atoms with E-state index in [0.29, 0.717) is 12.2 Å². The second-order valence-electron chi connectivity index (χ2n) is 6.52. The number of nitrogens with zero attached hydrogens (tertiary/aromatic N) is 7. The Kier molecular flexibility index (Phi) is 4.55. The van der Waals surface area contributed by atoms with Crippen LogP contribution in [0, 0.1) is 0 Å². The lowest BCUT2D eigenvalue weighted by Gasteiger charge is -2.25. The van der Waals surface area contributed by atoms with Crippen molar-refractivity contribution in [1.82, 2.24) is 33.8 Å². The van der Waals surface area contributed by atoms with Crippen LogP contribution in [0.15, 0.2) is 66.1 Å². The van der Waals surface area contributed by atoms with E-state index < -0.39 is 0 Å². The van der Waals surface area contributed by atoms with Crippen LogP contribution in [0.3, 0.4) is 0 Å². The number of pyridine rings is 1. The first-order valence-corrected chi connectivity index (χ1v) is 8.83. The van der Waals surface area contributed by atoms with E-state index in [2.05, 4.69) is 46.2 Å². The minimum atomic E-state index is -0.108. The van der Waals surface area contributed by atoms with E-state index in [1.54, 1.807) is 21.6 Å². The lowest BCUT2D eigenvalue weighted by molar-refractivity contribution is 0.246. The molecule has 3 heterocycles. The van der Waals surface area contributed by atoms with Gasteiger partial charge in [0, 0.05) is 18.8 Å². The van der Waals surface area contributed by atoms with Gasteiger partial charge < -0.3 is 0 Å². The zero-order valence-electron chi connectivity index (χ0n) is 15.3. The van der Waals surface area contributed by atoms with Crippen molar-refractivity contribution in [3.05, 3.63) is 77.4 Å². The molecule has 0 radical (unpaired) electrons. The number of hydrogen-bond donors (Lipinski definition) is 0. The summed E-state index contributed by atoms with van der Waals surface area (Å²) in [6.45, 7) is 3.41. The van der Waals surface area contributed by atoms with Crippen molar-refractivity contribution in [2.24, 2.45) is 0 Å². The van der Waals surface area contributed by atoms with Crippen molar-refractivity contribution < 1.29 is 0 Å². The predicted octanol–water partition coefficient (Wildman–Crippen LogP) is 1.77. The molecular weight excluding hydrogens is 342 g/mol. The lowest BCUT2D eigenvalue weighted by Crippen LogP contribution is -2.30. The van der Waals surface area contributed by atoms with Crippen LogP contribution in [-0.4, -0.2) is 47.4 Å². The highest BCUT2D eigenvalue weighted by Gasteiger charge is 2.13. The fourth-order valence-corrected chi connectivity index (χ4v) is 3.06. The third-order valence-corrected chi connectivity index (χ3v) is 4.87. The first kappa shape index (κ1) is 17.2. The SMILES string of the molecule is CC(c1ccc(-n2cncn2)cc1)N(C)CCn1nc2ccccn2c1=O. The van der Waals surface area contributed by atoms with Gasteiger partial charge in [0.15, 0.2) is 5.65 Å². The van der Waals surface area contributed by atoms with Crippen LogP contribution in [0.1, 0.15) is 18.5 Å². The zero-order chi connectivity index (χ0) is 18.8. The molecule has 1 atom stereocenters. The Balaban J connectivity index is 1.43. The Morgan fingerprint density at radius 1 is 1.15 bits per heavy atom. The number of benzene rings is 1. The zero-order valence-corrected chi connectivity index (χ0v) is 15.3. The summed E-state index contributed by atoms with van der Waals surface area (Å²) in [6, 6.07) is 14.0. The van der Waals surface area contributed by atoms with E-state index in [4.69, 9.17) is 0 Å². The van der Waals surface area contributed by atoms with Gasteiger partial charge in [0.2, 0.25) is 0 Å². The van der Waals surface area contributed by atoms with Gasteiger partial charge in [0.05, 0.1) is 12.2 Å². The molecule has 0 saturated heterocycles. The van der Waals surface area contributed by atoms with Gasteiger partial charge in [-0.05, 0) is 43.8 Å². The molecule has 0 saturated carbocycles. The molecular formula is C19H21N7O. The molecule has 0 aliphatic carbocycles. The maximum absolute atomic E-state index is 12.4. The molecule has 0 N–H and O–H groups in total. The van der Waals surface area contributed by atoms with Gasteiger partial charge in [0.1, 0.15) is 12.7 Å². The topological polar surface area (TPSA) is 73.2 Å². The first-order valence-electron chi connectivity index (χ1n) is 8.83. The molecule has 0 aliphatic rings. The van der Waals surface area contributed by atoms with Gasteiger partial charge in [-0.15, -0.1) is 5.10 Å². The Morgan fingerprint density at radius 3 is 2.67 bits per heavy atom. The van der Waals surface area contributed by atoms with E-state index in [9.17, 15) is 4.79 Å². The fourth-order valence-electron chi connectivity index (χ4n) is 3.06. The van der Waals surface area contributed by atoms with Crippen molar-refractivity contribution in [3.63, 3.8) is 0 Å². The Labute approximate surface area is 156 Å². The molecule has 1 unspecified atom stereocenters. The third-order valence-electron chi connectivity index (χ3n) is 4.87. The Bertz CT molecular complexity index is 1080. The van der Waals surface area contributed by atoms with Gasteiger partial charge in [-0.2, -0.15) is 5.10 Å². The number of fused-ring (bicyclic) bond motifs is 1.